The molecule has 7 heteroatoms. The summed E-state index contributed by atoms with van der Waals surface area (Å²) in [5, 5.41) is 1.84. The van der Waals surface area contributed by atoms with Gasteiger partial charge in [-0.3, -0.25) is 18.9 Å². The molecule has 2 aromatic heterocycles. The zero-order chi connectivity index (χ0) is 14.1. The van der Waals surface area contributed by atoms with Crippen LogP contribution in [0.15, 0.2) is 22.4 Å². The third-order valence-electron chi connectivity index (χ3n) is 3.55. The highest BCUT2D eigenvalue weighted by Crippen LogP contribution is 2.19. The second-order valence-electron chi connectivity index (χ2n) is 4.89. The molecule has 0 aromatic carbocycles. The SMILES string of the molecule is COC(=O)C1CCN(Cc2cc(=O)n3ccsc3n2)C1. The zero-order valence-corrected chi connectivity index (χ0v) is 11.9. The average molecular weight is 293 g/mol. The van der Waals surface area contributed by atoms with E-state index in [1.54, 1.807) is 12.3 Å². The summed E-state index contributed by atoms with van der Waals surface area (Å²) in [7, 11) is 1.41. The van der Waals surface area contributed by atoms with Crippen molar-refractivity contribution >= 4 is 22.3 Å². The maximum atomic E-state index is 11.9. The maximum absolute atomic E-state index is 11.9. The van der Waals surface area contributed by atoms with Crippen LogP contribution < -0.4 is 5.56 Å². The lowest BCUT2D eigenvalue weighted by molar-refractivity contribution is -0.144. The number of aromatic nitrogens is 2. The lowest BCUT2D eigenvalue weighted by atomic mass is 10.1. The first-order valence-electron chi connectivity index (χ1n) is 6.43. The van der Waals surface area contributed by atoms with Gasteiger partial charge in [-0.05, 0) is 13.0 Å². The molecule has 3 rings (SSSR count). The van der Waals surface area contributed by atoms with Gasteiger partial charge >= 0.3 is 5.97 Å². The molecule has 0 amide bonds. The molecular formula is C13H15N3O3S. The number of thiazole rings is 1. The number of carbonyl (C=O) groups excluding carboxylic acids is 1. The Bertz CT molecular complexity index is 693. The predicted molar refractivity (Wildman–Crippen MR) is 74.7 cm³/mol. The van der Waals surface area contributed by atoms with Crippen LogP contribution in [-0.2, 0) is 16.1 Å². The number of fused-ring (bicyclic) bond motifs is 1. The van der Waals surface area contributed by atoms with Crippen LogP contribution in [0, 0.1) is 5.92 Å². The third kappa shape index (κ3) is 2.46. The second kappa shape index (κ2) is 5.34. The minimum Gasteiger partial charge on any atom is -0.469 e. The van der Waals surface area contributed by atoms with Gasteiger partial charge in [-0.15, -0.1) is 11.3 Å². The van der Waals surface area contributed by atoms with Gasteiger partial charge in [0.1, 0.15) is 0 Å². The molecule has 20 heavy (non-hydrogen) atoms. The second-order valence-corrected chi connectivity index (χ2v) is 5.76. The Balaban J connectivity index is 1.74. The van der Waals surface area contributed by atoms with Crippen LogP contribution in [0.4, 0.5) is 0 Å². The highest BCUT2D eigenvalue weighted by Gasteiger charge is 2.29. The van der Waals surface area contributed by atoms with E-state index in [2.05, 4.69) is 9.88 Å². The van der Waals surface area contributed by atoms with Crippen LogP contribution in [0.2, 0.25) is 0 Å². The number of hydrogen-bond acceptors (Lipinski definition) is 6. The van der Waals surface area contributed by atoms with Gasteiger partial charge in [0.15, 0.2) is 4.96 Å². The van der Waals surface area contributed by atoms with Crippen LogP contribution in [0.25, 0.3) is 4.96 Å². The molecule has 1 fully saturated rings. The maximum Gasteiger partial charge on any atom is 0.310 e. The van der Waals surface area contributed by atoms with Gasteiger partial charge in [0.05, 0.1) is 18.7 Å². The van der Waals surface area contributed by atoms with E-state index in [9.17, 15) is 9.59 Å². The number of ether oxygens (including phenoxy) is 1. The molecule has 1 unspecified atom stereocenters. The molecule has 0 spiro atoms. The van der Waals surface area contributed by atoms with Crippen LogP contribution in [-0.4, -0.2) is 40.5 Å². The first-order chi connectivity index (χ1) is 9.67. The van der Waals surface area contributed by atoms with Crippen molar-refractivity contribution in [3.05, 3.63) is 33.7 Å². The van der Waals surface area contributed by atoms with E-state index < -0.39 is 0 Å². The summed E-state index contributed by atoms with van der Waals surface area (Å²) in [6.45, 7) is 2.08. The summed E-state index contributed by atoms with van der Waals surface area (Å²) in [5.74, 6) is -0.221. The van der Waals surface area contributed by atoms with Crippen LogP contribution in [0.5, 0.6) is 0 Å². The summed E-state index contributed by atoms with van der Waals surface area (Å²) in [6, 6.07) is 1.56. The first kappa shape index (κ1) is 13.3. The molecule has 0 saturated carbocycles. The Morgan fingerprint density at radius 2 is 2.45 bits per heavy atom. The number of nitrogens with zero attached hydrogens (tertiary/aromatic N) is 3. The Labute approximate surface area is 119 Å². The van der Waals surface area contributed by atoms with Crippen molar-refractivity contribution in [3.8, 4) is 0 Å². The fourth-order valence-electron chi connectivity index (χ4n) is 2.53. The number of methoxy groups -OCH3 is 1. The molecule has 106 valence electrons. The molecule has 0 radical (unpaired) electrons. The molecule has 1 aliphatic rings. The zero-order valence-electron chi connectivity index (χ0n) is 11.1. The topological polar surface area (TPSA) is 63.9 Å². The smallest absolute Gasteiger partial charge is 0.310 e. The van der Waals surface area contributed by atoms with Gasteiger partial charge in [0, 0.05) is 30.7 Å². The molecule has 1 saturated heterocycles. The van der Waals surface area contributed by atoms with Crippen molar-refractivity contribution in [3.63, 3.8) is 0 Å². The summed E-state index contributed by atoms with van der Waals surface area (Å²) in [6.07, 6.45) is 2.52. The van der Waals surface area contributed by atoms with E-state index in [1.807, 2.05) is 5.38 Å². The minimum absolute atomic E-state index is 0.0602. The summed E-state index contributed by atoms with van der Waals surface area (Å²) in [4.78, 5) is 30.7. The van der Waals surface area contributed by atoms with E-state index in [0.717, 1.165) is 18.7 Å². The fraction of sp³-hybridized carbons (Fsp3) is 0.462. The molecule has 0 aliphatic carbocycles. The summed E-state index contributed by atoms with van der Waals surface area (Å²) >= 11 is 1.44. The van der Waals surface area contributed by atoms with Crippen LogP contribution >= 0.6 is 11.3 Å². The Kier molecular flexibility index (Phi) is 3.54. The minimum atomic E-state index is -0.158. The molecular weight excluding hydrogens is 278 g/mol. The lowest BCUT2D eigenvalue weighted by Gasteiger charge is -2.14. The first-order valence-corrected chi connectivity index (χ1v) is 7.31. The van der Waals surface area contributed by atoms with Crippen molar-refractivity contribution in [2.24, 2.45) is 5.92 Å². The Hall–Kier alpha value is -1.73. The van der Waals surface area contributed by atoms with E-state index in [4.69, 9.17) is 4.74 Å². The molecule has 1 atom stereocenters. The van der Waals surface area contributed by atoms with Gasteiger partial charge in [-0.1, -0.05) is 0 Å². The van der Waals surface area contributed by atoms with Crippen molar-refractivity contribution in [2.75, 3.05) is 20.2 Å². The summed E-state index contributed by atoms with van der Waals surface area (Å²) in [5.41, 5.74) is 0.693. The monoisotopic (exact) mass is 293 g/mol. The van der Waals surface area contributed by atoms with Crippen LogP contribution in [0.3, 0.4) is 0 Å². The average Bonchev–Trinajstić information content (AvgIpc) is 3.07. The molecule has 6 nitrogen and oxygen atoms in total. The number of hydrogen-bond donors (Lipinski definition) is 0. The Morgan fingerprint density at radius 3 is 3.25 bits per heavy atom. The molecule has 2 aromatic rings. The molecule has 3 heterocycles. The lowest BCUT2D eigenvalue weighted by Crippen LogP contribution is -2.25. The van der Waals surface area contributed by atoms with E-state index in [0.29, 0.717) is 18.1 Å². The van der Waals surface area contributed by atoms with Crippen molar-refractivity contribution in [2.45, 2.75) is 13.0 Å². The van der Waals surface area contributed by atoms with E-state index >= 15 is 0 Å². The number of carbonyl (C=O) groups is 1. The van der Waals surface area contributed by atoms with E-state index in [1.165, 1.54) is 22.8 Å². The van der Waals surface area contributed by atoms with Gasteiger partial charge < -0.3 is 4.74 Å². The third-order valence-corrected chi connectivity index (χ3v) is 4.31. The van der Waals surface area contributed by atoms with E-state index in [-0.39, 0.29) is 17.4 Å². The van der Waals surface area contributed by atoms with Gasteiger partial charge in [-0.25, -0.2) is 4.98 Å². The molecule has 0 N–H and O–H groups in total. The fourth-order valence-corrected chi connectivity index (χ4v) is 3.27. The number of rotatable bonds is 3. The highest BCUT2D eigenvalue weighted by atomic mass is 32.1. The largest absolute Gasteiger partial charge is 0.469 e. The normalized spacial score (nSPS) is 19.6. The predicted octanol–water partition coefficient (Wildman–Crippen LogP) is 0.751. The number of likely N-dealkylation sites (tertiary alicyclic amines) is 1. The molecule has 0 bridgehead atoms. The van der Waals surface area contributed by atoms with Crippen LogP contribution in [0.1, 0.15) is 12.1 Å². The standard InChI is InChI=1S/C13H15N3O3S/c1-19-12(18)9-2-3-15(7-9)8-10-6-11(17)16-4-5-20-13(16)14-10/h4-6,9H,2-3,7-8H2,1H3. The Morgan fingerprint density at radius 1 is 1.60 bits per heavy atom. The van der Waals surface area contributed by atoms with Crippen molar-refractivity contribution < 1.29 is 9.53 Å². The van der Waals surface area contributed by atoms with Gasteiger partial charge in [-0.2, -0.15) is 0 Å². The molecule has 1 aliphatic heterocycles. The summed E-state index contributed by atoms with van der Waals surface area (Å²) < 4.78 is 6.30. The number of esters is 1. The van der Waals surface area contributed by atoms with Crippen molar-refractivity contribution in [1.82, 2.24) is 14.3 Å². The van der Waals surface area contributed by atoms with Crippen molar-refractivity contribution in [1.29, 1.82) is 0 Å². The highest BCUT2D eigenvalue weighted by molar-refractivity contribution is 7.15. The van der Waals surface area contributed by atoms with Gasteiger partial charge in [0.2, 0.25) is 0 Å². The van der Waals surface area contributed by atoms with Gasteiger partial charge in [0.25, 0.3) is 5.56 Å². The quantitative estimate of drug-likeness (QED) is 0.781.